The summed E-state index contributed by atoms with van der Waals surface area (Å²) in [5.41, 5.74) is 0. The standard InChI is InChI=1S/C12H6F21O4P/c1-2(13)3(14,15)4(16,17)5(18,19)6(20,21)7(22,23)8(24,25)9(26,27)10(28,29)11(30,31)12(32,33)37-38(34,35)36/h2H,1H3,(H2,34,35,36). The molecule has 0 fully saturated rings. The molecule has 0 aromatic carbocycles. The van der Waals surface area contributed by atoms with Gasteiger partial charge in [0.2, 0.25) is 0 Å². The fraction of sp³-hybridized carbons (Fsp3) is 1.00. The van der Waals surface area contributed by atoms with Crippen LogP contribution in [0.25, 0.3) is 0 Å². The van der Waals surface area contributed by atoms with Crippen LogP contribution in [-0.4, -0.2) is 75.4 Å². The maximum Gasteiger partial charge on any atom is 0.474 e. The maximum absolute atomic E-state index is 13.5. The van der Waals surface area contributed by atoms with Gasteiger partial charge in [-0.3, -0.25) is 0 Å². The van der Waals surface area contributed by atoms with E-state index >= 15 is 0 Å². The minimum absolute atomic E-state index is 0.842. The lowest BCUT2D eigenvalue weighted by atomic mass is 9.85. The van der Waals surface area contributed by atoms with Gasteiger partial charge in [-0.1, -0.05) is 0 Å². The number of phosphoric ester groups is 1. The zero-order valence-electron chi connectivity index (χ0n) is 16.7. The van der Waals surface area contributed by atoms with E-state index in [0.29, 0.717) is 0 Å². The lowest BCUT2D eigenvalue weighted by Crippen LogP contribution is -2.77. The van der Waals surface area contributed by atoms with Crippen molar-refractivity contribution in [1.82, 2.24) is 0 Å². The quantitative estimate of drug-likeness (QED) is 0.182. The van der Waals surface area contributed by atoms with Crippen molar-refractivity contribution >= 4 is 7.82 Å². The first-order chi connectivity index (χ1) is 15.9. The summed E-state index contributed by atoms with van der Waals surface area (Å²) in [6, 6.07) is 0. The van der Waals surface area contributed by atoms with Gasteiger partial charge < -0.3 is 9.79 Å². The van der Waals surface area contributed by atoms with Gasteiger partial charge in [-0.25, -0.2) is 13.5 Å². The van der Waals surface area contributed by atoms with Crippen LogP contribution in [0.5, 0.6) is 0 Å². The highest BCUT2D eigenvalue weighted by Crippen LogP contribution is 2.67. The Balaban J connectivity index is 7.16. The number of rotatable bonds is 12. The van der Waals surface area contributed by atoms with E-state index in [2.05, 4.69) is 0 Å². The Hall–Kier alpha value is -1.36. The van der Waals surface area contributed by atoms with Crippen LogP contribution in [-0.2, 0) is 9.09 Å². The van der Waals surface area contributed by atoms with Crippen molar-refractivity contribution in [2.45, 2.75) is 72.5 Å². The molecule has 0 aliphatic rings. The van der Waals surface area contributed by atoms with E-state index in [1.54, 1.807) is 4.52 Å². The van der Waals surface area contributed by atoms with E-state index in [1.807, 2.05) is 0 Å². The SMILES string of the molecule is CC(F)C(F)(F)C(F)(F)C(F)(F)C(F)(F)C(F)(F)C(F)(F)C(F)(F)C(F)(F)C(F)(F)C(F)(F)OP(=O)(O)O. The molecule has 1 unspecified atom stereocenters. The summed E-state index contributed by atoms with van der Waals surface area (Å²) in [5.74, 6) is -78.9. The molecule has 0 heterocycles. The van der Waals surface area contributed by atoms with Crippen LogP contribution in [0.2, 0.25) is 0 Å². The highest BCUT2D eigenvalue weighted by atomic mass is 31.2. The first kappa shape index (κ1) is 36.6. The molecule has 0 spiro atoms. The van der Waals surface area contributed by atoms with Gasteiger partial charge >= 0.3 is 67.2 Å². The largest absolute Gasteiger partial charge is 0.474 e. The first-order valence-corrected chi connectivity index (χ1v) is 9.61. The highest BCUT2D eigenvalue weighted by molar-refractivity contribution is 7.46. The molecule has 0 aromatic heterocycles. The summed E-state index contributed by atoms with van der Waals surface area (Å²) in [7, 11) is -7.22. The zero-order chi connectivity index (χ0) is 31.8. The Bertz CT molecular complexity index is 921. The van der Waals surface area contributed by atoms with E-state index in [0.717, 1.165) is 0 Å². The third kappa shape index (κ3) is 4.67. The van der Waals surface area contributed by atoms with Crippen molar-refractivity contribution < 1.29 is 111 Å². The number of phosphoric acid groups is 1. The molecule has 0 radical (unpaired) electrons. The Morgan fingerprint density at radius 3 is 0.921 bits per heavy atom. The molecule has 38 heavy (non-hydrogen) atoms. The smallest absolute Gasteiger partial charge is 0.303 e. The molecule has 2 N–H and O–H groups in total. The molecule has 4 nitrogen and oxygen atoms in total. The van der Waals surface area contributed by atoms with Crippen LogP contribution < -0.4 is 0 Å². The van der Waals surface area contributed by atoms with Gasteiger partial charge in [0.25, 0.3) is 0 Å². The van der Waals surface area contributed by atoms with Crippen molar-refractivity contribution in [1.29, 1.82) is 0 Å². The molecule has 0 saturated heterocycles. The van der Waals surface area contributed by atoms with E-state index in [1.165, 1.54) is 0 Å². The summed E-state index contributed by atoms with van der Waals surface area (Å²) >= 11 is 0. The Kier molecular flexibility index (Phi) is 8.75. The molecular formula is C12H6F21O4P. The molecule has 0 aliphatic carbocycles. The van der Waals surface area contributed by atoms with Crippen LogP contribution in [0.1, 0.15) is 6.92 Å². The maximum atomic E-state index is 13.5. The molecule has 0 rings (SSSR count). The van der Waals surface area contributed by atoms with Crippen molar-refractivity contribution in [2.24, 2.45) is 0 Å². The highest BCUT2D eigenvalue weighted by Gasteiger charge is 2.98. The molecule has 0 bridgehead atoms. The molecule has 0 amide bonds. The van der Waals surface area contributed by atoms with Gasteiger partial charge in [-0.2, -0.15) is 87.8 Å². The topological polar surface area (TPSA) is 66.8 Å². The summed E-state index contributed by atoms with van der Waals surface area (Å²) in [6.45, 7) is -0.842. The number of hydrogen-bond donors (Lipinski definition) is 2. The van der Waals surface area contributed by atoms with Gasteiger partial charge in [0.1, 0.15) is 0 Å². The number of alkyl halides is 21. The van der Waals surface area contributed by atoms with Crippen molar-refractivity contribution in [2.75, 3.05) is 0 Å². The fourth-order valence-electron chi connectivity index (χ4n) is 2.03. The summed E-state index contributed by atoms with van der Waals surface area (Å²) in [4.78, 5) is 15.8. The third-order valence-electron chi connectivity index (χ3n) is 4.28. The fourth-order valence-corrected chi connectivity index (χ4v) is 2.44. The number of hydrogen-bond acceptors (Lipinski definition) is 2. The van der Waals surface area contributed by atoms with E-state index < -0.39 is 80.3 Å². The van der Waals surface area contributed by atoms with Crippen LogP contribution in [0, 0.1) is 0 Å². The third-order valence-corrected chi connectivity index (χ3v) is 4.74. The predicted octanol–water partition coefficient (Wildman–Crippen LogP) is 6.76. The molecule has 1 atom stereocenters. The van der Waals surface area contributed by atoms with E-state index in [9.17, 15) is 96.8 Å². The lowest BCUT2D eigenvalue weighted by molar-refractivity contribution is -0.478. The second-order valence-corrected chi connectivity index (χ2v) is 8.10. The lowest BCUT2D eigenvalue weighted by Gasteiger charge is -2.45. The summed E-state index contributed by atoms with van der Waals surface area (Å²) in [6.07, 6.45) is -12.5. The zero-order valence-corrected chi connectivity index (χ0v) is 17.6. The normalized spacial score (nSPS) is 17.6. The Morgan fingerprint density at radius 2 is 0.711 bits per heavy atom. The molecule has 0 saturated carbocycles. The monoisotopic (exact) mass is 644 g/mol. The van der Waals surface area contributed by atoms with Crippen LogP contribution >= 0.6 is 7.82 Å². The minimum Gasteiger partial charge on any atom is -0.303 e. The molecule has 0 aromatic rings. The average molecular weight is 644 g/mol. The van der Waals surface area contributed by atoms with Crippen LogP contribution in [0.4, 0.5) is 92.2 Å². The predicted molar refractivity (Wildman–Crippen MR) is 73.2 cm³/mol. The second kappa shape index (κ2) is 9.08. The second-order valence-electron chi connectivity index (χ2n) is 6.93. The van der Waals surface area contributed by atoms with Crippen molar-refractivity contribution in [3.05, 3.63) is 0 Å². The molecule has 230 valence electrons. The first-order valence-electron chi connectivity index (χ1n) is 8.08. The Morgan fingerprint density at radius 1 is 0.500 bits per heavy atom. The van der Waals surface area contributed by atoms with E-state index in [-0.39, 0.29) is 0 Å². The van der Waals surface area contributed by atoms with Gasteiger partial charge in [-0.15, -0.1) is 0 Å². The molecular weight excluding hydrogens is 638 g/mol. The molecule has 0 aliphatic heterocycles. The Labute approximate surface area is 192 Å². The van der Waals surface area contributed by atoms with Crippen LogP contribution in [0.3, 0.4) is 0 Å². The summed E-state index contributed by atoms with van der Waals surface area (Å²) < 4.78 is 291. The summed E-state index contributed by atoms with van der Waals surface area (Å²) in [5, 5.41) is 0. The molecule has 26 heteroatoms. The van der Waals surface area contributed by atoms with Crippen LogP contribution in [0.15, 0.2) is 0 Å². The van der Waals surface area contributed by atoms with Crippen molar-refractivity contribution in [3.63, 3.8) is 0 Å². The van der Waals surface area contributed by atoms with Gasteiger partial charge in [-0.05, 0) is 6.92 Å². The average Bonchev–Trinajstić information content (AvgIpc) is 2.64. The number of halogens is 21. The van der Waals surface area contributed by atoms with Gasteiger partial charge in [0.15, 0.2) is 6.17 Å². The van der Waals surface area contributed by atoms with Gasteiger partial charge in [0.05, 0.1) is 0 Å². The van der Waals surface area contributed by atoms with E-state index in [4.69, 9.17) is 9.79 Å². The van der Waals surface area contributed by atoms with Gasteiger partial charge in [0, 0.05) is 0 Å². The minimum atomic E-state index is -9.33. The van der Waals surface area contributed by atoms with Crippen molar-refractivity contribution in [3.8, 4) is 0 Å².